The number of furan rings is 1. The van der Waals surface area contributed by atoms with Gasteiger partial charge in [0.1, 0.15) is 18.1 Å². The zero-order valence-corrected chi connectivity index (χ0v) is 11.5. The van der Waals surface area contributed by atoms with Crippen molar-refractivity contribution in [1.82, 2.24) is 0 Å². The first kappa shape index (κ1) is 14.6. The van der Waals surface area contributed by atoms with Crippen molar-refractivity contribution < 1.29 is 24.0 Å². The van der Waals surface area contributed by atoms with Gasteiger partial charge in [-0.3, -0.25) is 10.1 Å². The molecule has 0 saturated heterocycles. The number of aromatic carboxylic acids is 1. The molecule has 0 aliphatic rings. The molecule has 0 aliphatic carbocycles. The Morgan fingerprint density at radius 1 is 1.33 bits per heavy atom. The Morgan fingerprint density at radius 2 is 2.05 bits per heavy atom. The summed E-state index contributed by atoms with van der Waals surface area (Å²) in [5.74, 6) is -0.583. The third-order valence-corrected chi connectivity index (χ3v) is 2.92. The first-order valence-electron chi connectivity index (χ1n) is 6.09. The van der Waals surface area contributed by atoms with E-state index in [0.717, 1.165) is 5.56 Å². The van der Waals surface area contributed by atoms with Crippen LogP contribution in [0.15, 0.2) is 28.7 Å². The van der Waals surface area contributed by atoms with Crippen LogP contribution in [0.3, 0.4) is 0 Å². The lowest BCUT2D eigenvalue weighted by atomic mass is 10.2. The highest BCUT2D eigenvalue weighted by atomic mass is 16.6. The maximum atomic E-state index is 10.9. The third kappa shape index (κ3) is 3.19. The van der Waals surface area contributed by atoms with Gasteiger partial charge in [-0.15, -0.1) is 0 Å². The van der Waals surface area contributed by atoms with Crippen LogP contribution in [0.25, 0.3) is 0 Å². The van der Waals surface area contributed by atoms with Crippen molar-refractivity contribution in [2.75, 3.05) is 0 Å². The van der Waals surface area contributed by atoms with Crippen molar-refractivity contribution in [2.24, 2.45) is 0 Å². The average molecular weight is 291 g/mol. The van der Waals surface area contributed by atoms with E-state index in [9.17, 15) is 14.9 Å². The molecule has 0 aliphatic heterocycles. The van der Waals surface area contributed by atoms with Crippen molar-refractivity contribution in [3.05, 3.63) is 57.0 Å². The Kier molecular flexibility index (Phi) is 3.93. The predicted octanol–water partition coefficient (Wildman–Crippen LogP) is 3.08. The summed E-state index contributed by atoms with van der Waals surface area (Å²) in [6.07, 6.45) is 0. The van der Waals surface area contributed by atoms with E-state index in [4.69, 9.17) is 14.3 Å². The summed E-state index contributed by atoms with van der Waals surface area (Å²) in [6, 6.07) is 5.87. The molecule has 1 aromatic heterocycles. The van der Waals surface area contributed by atoms with Gasteiger partial charge >= 0.3 is 5.97 Å². The molecule has 1 N–H and O–H groups in total. The Morgan fingerprint density at radius 3 is 2.62 bits per heavy atom. The van der Waals surface area contributed by atoms with E-state index < -0.39 is 10.9 Å². The van der Waals surface area contributed by atoms with E-state index in [1.54, 1.807) is 26.0 Å². The van der Waals surface area contributed by atoms with Crippen LogP contribution in [0.4, 0.5) is 5.69 Å². The number of benzene rings is 1. The summed E-state index contributed by atoms with van der Waals surface area (Å²) in [7, 11) is 0. The fraction of sp³-hybridized carbons (Fsp3) is 0.214. The van der Waals surface area contributed by atoms with Crippen LogP contribution in [-0.4, -0.2) is 16.0 Å². The Balaban J connectivity index is 2.16. The molecule has 2 aromatic rings. The van der Waals surface area contributed by atoms with E-state index in [-0.39, 0.29) is 18.1 Å². The summed E-state index contributed by atoms with van der Waals surface area (Å²) in [4.78, 5) is 21.1. The molecule has 2 rings (SSSR count). The SMILES string of the molecule is Cc1ccc([N+](=O)[O-])cc1OCc1cc(C)c(C(=O)O)o1. The molecular formula is C14H13NO6. The van der Waals surface area contributed by atoms with Crippen molar-refractivity contribution in [2.45, 2.75) is 20.5 Å². The topological polar surface area (TPSA) is 103 Å². The number of hydrogen-bond acceptors (Lipinski definition) is 5. The van der Waals surface area contributed by atoms with Crippen LogP contribution in [0.5, 0.6) is 5.75 Å². The molecule has 1 heterocycles. The maximum Gasteiger partial charge on any atom is 0.372 e. The summed E-state index contributed by atoms with van der Waals surface area (Å²) < 4.78 is 10.6. The standard InChI is InChI=1S/C14H13NO6/c1-8-3-4-10(15(18)19)6-12(8)20-7-11-5-9(2)13(21-11)14(16)17/h3-6H,7H2,1-2H3,(H,16,17). The van der Waals surface area contributed by atoms with Gasteiger partial charge in [-0.1, -0.05) is 0 Å². The van der Waals surface area contributed by atoms with Gasteiger partial charge in [0.15, 0.2) is 0 Å². The van der Waals surface area contributed by atoms with Gasteiger partial charge in [-0.05, 0) is 31.5 Å². The molecular weight excluding hydrogens is 278 g/mol. The first-order chi connectivity index (χ1) is 9.88. The number of rotatable bonds is 5. The van der Waals surface area contributed by atoms with Gasteiger partial charge in [0.05, 0.1) is 11.0 Å². The number of non-ortho nitro benzene ring substituents is 1. The number of carboxylic acid groups (broad SMARTS) is 1. The van der Waals surface area contributed by atoms with Crippen LogP contribution >= 0.6 is 0 Å². The summed E-state index contributed by atoms with van der Waals surface area (Å²) in [5, 5.41) is 19.6. The van der Waals surface area contributed by atoms with Crippen LogP contribution in [0, 0.1) is 24.0 Å². The van der Waals surface area contributed by atoms with Crippen LogP contribution < -0.4 is 4.74 Å². The number of ether oxygens (including phenoxy) is 1. The molecule has 0 atom stereocenters. The van der Waals surface area contributed by atoms with Crippen molar-refractivity contribution in [3.63, 3.8) is 0 Å². The Labute approximate surface area is 119 Å². The minimum atomic E-state index is -1.15. The molecule has 21 heavy (non-hydrogen) atoms. The number of nitro benzene ring substituents is 1. The van der Waals surface area contributed by atoms with Gasteiger partial charge in [0.2, 0.25) is 5.76 Å². The summed E-state index contributed by atoms with van der Waals surface area (Å²) >= 11 is 0. The fourth-order valence-electron chi connectivity index (χ4n) is 1.84. The minimum Gasteiger partial charge on any atom is -0.485 e. The van der Waals surface area contributed by atoms with Crippen molar-refractivity contribution in [1.29, 1.82) is 0 Å². The second-order valence-corrected chi connectivity index (χ2v) is 4.53. The van der Waals surface area contributed by atoms with E-state index in [1.807, 2.05) is 0 Å². The van der Waals surface area contributed by atoms with Gasteiger partial charge < -0.3 is 14.3 Å². The third-order valence-electron chi connectivity index (χ3n) is 2.92. The van der Waals surface area contributed by atoms with E-state index in [0.29, 0.717) is 17.1 Å². The predicted molar refractivity (Wildman–Crippen MR) is 72.6 cm³/mol. The molecule has 0 unspecified atom stereocenters. The molecule has 0 radical (unpaired) electrons. The van der Waals surface area contributed by atoms with Gasteiger partial charge in [-0.25, -0.2) is 4.79 Å². The molecule has 0 bridgehead atoms. The van der Waals surface area contributed by atoms with Crippen molar-refractivity contribution >= 4 is 11.7 Å². The Hall–Kier alpha value is -2.83. The summed E-state index contributed by atoms with van der Waals surface area (Å²) in [6.45, 7) is 3.38. The summed E-state index contributed by atoms with van der Waals surface area (Å²) in [5.41, 5.74) is 1.16. The molecule has 0 amide bonds. The smallest absolute Gasteiger partial charge is 0.372 e. The average Bonchev–Trinajstić information content (AvgIpc) is 2.79. The fourth-order valence-corrected chi connectivity index (χ4v) is 1.84. The second kappa shape index (κ2) is 5.66. The number of nitro groups is 1. The van der Waals surface area contributed by atoms with E-state index in [1.165, 1.54) is 12.1 Å². The van der Waals surface area contributed by atoms with Crippen LogP contribution in [0.1, 0.15) is 27.4 Å². The molecule has 7 nitrogen and oxygen atoms in total. The lowest BCUT2D eigenvalue weighted by Gasteiger charge is -2.07. The van der Waals surface area contributed by atoms with E-state index in [2.05, 4.69) is 0 Å². The molecule has 1 aromatic carbocycles. The number of carboxylic acids is 1. The maximum absolute atomic E-state index is 10.9. The quantitative estimate of drug-likeness (QED) is 0.670. The van der Waals surface area contributed by atoms with Crippen molar-refractivity contribution in [3.8, 4) is 5.75 Å². The number of hydrogen-bond donors (Lipinski definition) is 1. The zero-order valence-electron chi connectivity index (χ0n) is 11.5. The monoisotopic (exact) mass is 291 g/mol. The first-order valence-corrected chi connectivity index (χ1v) is 6.09. The highest BCUT2D eigenvalue weighted by Crippen LogP contribution is 2.25. The zero-order chi connectivity index (χ0) is 15.6. The van der Waals surface area contributed by atoms with Crippen LogP contribution in [-0.2, 0) is 6.61 Å². The lowest BCUT2D eigenvalue weighted by molar-refractivity contribution is -0.385. The molecule has 0 saturated carbocycles. The molecule has 110 valence electrons. The second-order valence-electron chi connectivity index (χ2n) is 4.53. The highest BCUT2D eigenvalue weighted by molar-refractivity contribution is 5.86. The highest BCUT2D eigenvalue weighted by Gasteiger charge is 2.15. The number of aryl methyl sites for hydroxylation is 2. The molecule has 7 heteroatoms. The molecule has 0 spiro atoms. The largest absolute Gasteiger partial charge is 0.485 e. The lowest BCUT2D eigenvalue weighted by Crippen LogP contribution is -1.98. The molecule has 0 fully saturated rings. The number of nitrogens with zero attached hydrogens (tertiary/aromatic N) is 1. The normalized spacial score (nSPS) is 10.4. The van der Waals surface area contributed by atoms with Gasteiger partial charge in [0, 0.05) is 11.6 Å². The Bertz CT molecular complexity index is 703. The van der Waals surface area contributed by atoms with Crippen LogP contribution in [0.2, 0.25) is 0 Å². The van der Waals surface area contributed by atoms with Gasteiger partial charge in [0.25, 0.3) is 5.69 Å². The number of carbonyl (C=O) groups is 1. The minimum absolute atomic E-state index is 0.00384. The van der Waals surface area contributed by atoms with Gasteiger partial charge in [-0.2, -0.15) is 0 Å². The van der Waals surface area contributed by atoms with E-state index >= 15 is 0 Å².